The fourth-order valence-electron chi connectivity index (χ4n) is 1.41. The van der Waals surface area contributed by atoms with Gasteiger partial charge in [0.2, 0.25) is 0 Å². The van der Waals surface area contributed by atoms with Gasteiger partial charge in [-0.2, -0.15) is 13.2 Å². The molecule has 1 aromatic carbocycles. The highest BCUT2D eigenvalue weighted by molar-refractivity contribution is 5.75. The lowest BCUT2D eigenvalue weighted by atomic mass is 10.0. The van der Waals surface area contributed by atoms with Crippen molar-refractivity contribution in [1.29, 1.82) is 0 Å². The summed E-state index contributed by atoms with van der Waals surface area (Å²) in [6, 6.07) is 1.85. The van der Waals surface area contributed by atoms with Crippen molar-refractivity contribution in [3.8, 4) is 0 Å². The zero-order valence-electron chi connectivity index (χ0n) is 9.38. The molecule has 0 aromatic heterocycles. The normalized spacial score (nSPS) is 13.4. The Labute approximate surface area is 100 Å². The first-order chi connectivity index (χ1) is 8.20. The molecule has 100 valence electrons. The molecule has 0 heterocycles. The molecule has 1 atom stereocenters. The van der Waals surface area contributed by atoms with Crippen LogP contribution in [0.3, 0.4) is 0 Å². The number of rotatable bonds is 4. The molecule has 0 radical (unpaired) electrons. The topological polar surface area (TPSA) is 49.3 Å². The summed E-state index contributed by atoms with van der Waals surface area (Å²) in [7, 11) is 0. The molecule has 1 unspecified atom stereocenters. The Morgan fingerprint density at radius 1 is 1.44 bits per heavy atom. The van der Waals surface area contributed by atoms with E-state index in [1.165, 1.54) is 13.0 Å². The summed E-state index contributed by atoms with van der Waals surface area (Å²) in [5, 5.41) is 10.7. The van der Waals surface area contributed by atoms with Gasteiger partial charge >= 0.3 is 12.1 Å². The SMILES string of the molecule is Cc1cc(C(NCC(F)(F)F)C(=O)O)ccc1F. The molecule has 0 bridgehead atoms. The van der Waals surface area contributed by atoms with E-state index in [-0.39, 0.29) is 11.1 Å². The zero-order valence-corrected chi connectivity index (χ0v) is 9.38. The lowest BCUT2D eigenvalue weighted by Crippen LogP contribution is -2.36. The van der Waals surface area contributed by atoms with Crippen LogP contribution in [0.1, 0.15) is 17.2 Å². The maximum absolute atomic E-state index is 13.0. The molecule has 0 spiro atoms. The van der Waals surface area contributed by atoms with Crippen molar-refractivity contribution < 1.29 is 27.5 Å². The van der Waals surface area contributed by atoms with E-state index in [1.54, 1.807) is 0 Å². The zero-order chi connectivity index (χ0) is 13.9. The molecular weight excluding hydrogens is 254 g/mol. The van der Waals surface area contributed by atoms with Crippen LogP contribution in [0.5, 0.6) is 0 Å². The van der Waals surface area contributed by atoms with Gasteiger partial charge < -0.3 is 5.11 Å². The number of hydrogen-bond donors (Lipinski definition) is 2. The molecule has 3 nitrogen and oxygen atoms in total. The molecule has 0 fully saturated rings. The number of carboxylic acid groups (broad SMARTS) is 1. The first kappa shape index (κ1) is 14.4. The van der Waals surface area contributed by atoms with Crippen LogP contribution < -0.4 is 5.32 Å². The van der Waals surface area contributed by atoms with Crippen molar-refractivity contribution in [3.63, 3.8) is 0 Å². The summed E-state index contributed by atoms with van der Waals surface area (Å²) in [5.41, 5.74) is 0.248. The fourth-order valence-corrected chi connectivity index (χ4v) is 1.41. The Hall–Kier alpha value is -1.63. The van der Waals surface area contributed by atoms with Gasteiger partial charge in [-0.15, -0.1) is 0 Å². The number of hydrogen-bond acceptors (Lipinski definition) is 2. The smallest absolute Gasteiger partial charge is 0.401 e. The lowest BCUT2D eigenvalue weighted by molar-refractivity contribution is -0.143. The van der Waals surface area contributed by atoms with Gasteiger partial charge in [0, 0.05) is 0 Å². The monoisotopic (exact) mass is 265 g/mol. The molecule has 18 heavy (non-hydrogen) atoms. The van der Waals surface area contributed by atoms with E-state index in [0.29, 0.717) is 0 Å². The summed E-state index contributed by atoms with van der Waals surface area (Å²) in [4.78, 5) is 10.9. The quantitative estimate of drug-likeness (QED) is 0.822. The number of aryl methyl sites for hydroxylation is 1. The Kier molecular flexibility index (Phi) is 4.28. The first-order valence-corrected chi connectivity index (χ1v) is 4.99. The average molecular weight is 265 g/mol. The number of carboxylic acids is 1. The van der Waals surface area contributed by atoms with Crippen LogP contribution in [0.25, 0.3) is 0 Å². The van der Waals surface area contributed by atoms with Crippen molar-refractivity contribution in [2.75, 3.05) is 6.54 Å². The molecule has 0 aliphatic heterocycles. The Balaban J connectivity index is 2.91. The van der Waals surface area contributed by atoms with Crippen LogP contribution in [0.2, 0.25) is 0 Å². The molecule has 0 aliphatic rings. The maximum Gasteiger partial charge on any atom is 0.401 e. The minimum atomic E-state index is -4.51. The molecule has 0 amide bonds. The van der Waals surface area contributed by atoms with Gasteiger partial charge in [-0.1, -0.05) is 12.1 Å². The van der Waals surface area contributed by atoms with Gasteiger partial charge in [-0.25, -0.2) is 4.39 Å². The van der Waals surface area contributed by atoms with Gasteiger partial charge in [0.15, 0.2) is 0 Å². The first-order valence-electron chi connectivity index (χ1n) is 4.99. The van der Waals surface area contributed by atoms with Crippen molar-refractivity contribution in [1.82, 2.24) is 5.32 Å². The second kappa shape index (κ2) is 5.34. The van der Waals surface area contributed by atoms with E-state index in [9.17, 15) is 22.4 Å². The molecule has 7 heteroatoms. The number of nitrogens with one attached hydrogen (secondary N) is 1. The summed E-state index contributed by atoms with van der Waals surface area (Å²) < 4.78 is 49.1. The van der Waals surface area contributed by atoms with Crippen molar-refractivity contribution >= 4 is 5.97 Å². The van der Waals surface area contributed by atoms with Crippen LogP contribution in [0.4, 0.5) is 17.6 Å². The molecule has 0 saturated carbocycles. The number of aliphatic carboxylic acids is 1. The summed E-state index contributed by atoms with van der Waals surface area (Å²) in [6.07, 6.45) is -4.51. The van der Waals surface area contributed by atoms with Gasteiger partial charge in [0.05, 0.1) is 6.54 Å². The van der Waals surface area contributed by atoms with Crippen LogP contribution in [-0.4, -0.2) is 23.8 Å². The van der Waals surface area contributed by atoms with Crippen molar-refractivity contribution in [3.05, 3.63) is 35.1 Å². The third-order valence-corrected chi connectivity index (χ3v) is 2.27. The van der Waals surface area contributed by atoms with Crippen LogP contribution >= 0.6 is 0 Å². The van der Waals surface area contributed by atoms with E-state index >= 15 is 0 Å². The molecule has 1 aromatic rings. The lowest BCUT2D eigenvalue weighted by Gasteiger charge is -2.16. The standard InChI is InChI=1S/C11H11F4NO2/c1-6-4-7(2-3-8(6)12)9(10(17)18)16-5-11(13,14)15/h2-4,9,16H,5H2,1H3,(H,17,18). The Bertz CT molecular complexity index is 445. The third-order valence-electron chi connectivity index (χ3n) is 2.27. The number of halogens is 4. The Morgan fingerprint density at radius 3 is 2.50 bits per heavy atom. The van der Waals surface area contributed by atoms with E-state index in [0.717, 1.165) is 12.1 Å². The predicted octanol–water partition coefficient (Wildman–Crippen LogP) is 2.41. The second-order valence-electron chi connectivity index (χ2n) is 3.78. The molecule has 1 rings (SSSR count). The van der Waals surface area contributed by atoms with Crippen molar-refractivity contribution in [2.45, 2.75) is 19.1 Å². The van der Waals surface area contributed by atoms with E-state index in [1.807, 2.05) is 5.32 Å². The van der Waals surface area contributed by atoms with Gasteiger partial charge in [0.1, 0.15) is 11.9 Å². The average Bonchev–Trinajstić information content (AvgIpc) is 2.21. The highest BCUT2D eigenvalue weighted by Crippen LogP contribution is 2.19. The highest BCUT2D eigenvalue weighted by Gasteiger charge is 2.30. The predicted molar refractivity (Wildman–Crippen MR) is 55.6 cm³/mol. The molecule has 0 aliphatic carbocycles. The van der Waals surface area contributed by atoms with Crippen LogP contribution in [0.15, 0.2) is 18.2 Å². The van der Waals surface area contributed by atoms with E-state index in [4.69, 9.17) is 5.11 Å². The molecule has 0 saturated heterocycles. The van der Waals surface area contributed by atoms with E-state index in [2.05, 4.69) is 0 Å². The van der Waals surface area contributed by atoms with Gasteiger partial charge in [0.25, 0.3) is 0 Å². The number of carbonyl (C=O) groups is 1. The van der Waals surface area contributed by atoms with Crippen molar-refractivity contribution in [2.24, 2.45) is 0 Å². The number of benzene rings is 1. The minimum Gasteiger partial charge on any atom is -0.480 e. The van der Waals surface area contributed by atoms with E-state index < -0.39 is 30.5 Å². The van der Waals surface area contributed by atoms with Gasteiger partial charge in [-0.05, 0) is 24.1 Å². The Morgan fingerprint density at radius 2 is 2.06 bits per heavy atom. The summed E-state index contributed by atoms with van der Waals surface area (Å²) in [5.74, 6) is -2.00. The van der Waals surface area contributed by atoms with Gasteiger partial charge in [-0.3, -0.25) is 10.1 Å². The molecular formula is C11H11F4NO2. The largest absolute Gasteiger partial charge is 0.480 e. The summed E-state index contributed by atoms with van der Waals surface area (Å²) >= 11 is 0. The summed E-state index contributed by atoms with van der Waals surface area (Å²) in [6.45, 7) is -0.0259. The van der Waals surface area contributed by atoms with Crippen LogP contribution in [0, 0.1) is 12.7 Å². The molecule has 2 N–H and O–H groups in total. The second-order valence-corrected chi connectivity index (χ2v) is 3.78. The minimum absolute atomic E-state index is 0.0747. The highest BCUT2D eigenvalue weighted by atomic mass is 19.4. The third kappa shape index (κ3) is 3.99. The van der Waals surface area contributed by atoms with Crippen LogP contribution in [-0.2, 0) is 4.79 Å². The number of alkyl halides is 3. The maximum atomic E-state index is 13.0. The fraction of sp³-hybridized carbons (Fsp3) is 0.364.